The molecule has 1 saturated carbocycles. The summed E-state index contributed by atoms with van der Waals surface area (Å²) in [5, 5.41) is 10.3. The lowest BCUT2D eigenvalue weighted by Gasteiger charge is -2.26. The third kappa shape index (κ3) is 5.32. The number of halogens is 3. The van der Waals surface area contributed by atoms with Crippen molar-refractivity contribution in [2.45, 2.75) is 25.1 Å². The Kier molecular flexibility index (Phi) is 4.55. The number of hydrogen-bond donors (Lipinski definition) is 2. The number of rotatable bonds is 3. The number of ether oxygens (including phenoxy) is 1. The summed E-state index contributed by atoms with van der Waals surface area (Å²) in [7, 11) is 0. The van der Waals surface area contributed by atoms with Gasteiger partial charge in [0.2, 0.25) is 0 Å². The first-order valence-electron chi connectivity index (χ1n) is 5.02. The van der Waals surface area contributed by atoms with Gasteiger partial charge in [0.25, 0.3) is 0 Å². The van der Waals surface area contributed by atoms with E-state index in [1.807, 2.05) is 0 Å². The highest BCUT2D eigenvalue weighted by atomic mass is 19.4. The average molecular weight is 241 g/mol. The van der Waals surface area contributed by atoms with Crippen molar-refractivity contribution in [3.8, 4) is 0 Å². The van der Waals surface area contributed by atoms with Crippen molar-refractivity contribution in [2.75, 3.05) is 19.7 Å². The van der Waals surface area contributed by atoms with Crippen molar-refractivity contribution in [3.05, 3.63) is 0 Å². The van der Waals surface area contributed by atoms with Crippen molar-refractivity contribution in [1.82, 2.24) is 5.32 Å². The van der Waals surface area contributed by atoms with Gasteiger partial charge in [0.15, 0.2) is 0 Å². The van der Waals surface area contributed by atoms with Gasteiger partial charge in [-0.15, -0.1) is 0 Å². The van der Waals surface area contributed by atoms with Crippen LogP contribution in [0.2, 0.25) is 0 Å². The number of carboxylic acids is 1. The van der Waals surface area contributed by atoms with Crippen molar-refractivity contribution in [3.63, 3.8) is 0 Å². The van der Waals surface area contributed by atoms with E-state index in [1.54, 1.807) is 0 Å². The quantitative estimate of drug-likeness (QED) is 0.774. The van der Waals surface area contributed by atoms with Crippen molar-refractivity contribution < 1.29 is 27.8 Å². The van der Waals surface area contributed by atoms with Crippen LogP contribution < -0.4 is 5.32 Å². The number of carbonyl (C=O) groups is 1. The number of aliphatic carboxylic acids is 1. The summed E-state index contributed by atoms with van der Waals surface area (Å²) < 4.78 is 37.3. The summed E-state index contributed by atoms with van der Waals surface area (Å²) in [6.07, 6.45) is -1.73. The van der Waals surface area contributed by atoms with Crippen LogP contribution in [0.5, 0.6) is 0 Å². The Balaban J connectivity index is 0.000000168. The fourth-order valence-electron chi connectivity index (χ4n) is 0.937. The topological polar surface area (TPSA) is 58.6 Å². The molecule has 0 aromatic carbocycles. The molecule has 94 valence electrons. The zero-order chi connectivity index (χ0) is 12.2. The van der Waals surface area contributed by atoms with Crippen LogP contribution in [0.3, 0.4) is 0 Å². The second-order valence-electron chi connectivity index (χ2n) is 3.86. The first-order chi connectivity index (χ1) is 7.39. The van der Waals surface area contributed by atoms with Gasteiger partial charge in [0.1, 0.15) is 0 Å². The molecule has 16 heavy (non-hydrogen) atoms. The van der Waals surface area contributed by atoms with Crippen LogP contribution in [-0.2, 0) is 9.53 Å². The number of nitrogens with one attached hydrogen (secondary N) is 1. The zero-order valence-electron chi connectivity index (χ0n) is 8.59. The fourth-order valence-corrected chi connectivity index (χ4v) is 0.937. The maximum absolute atomic E-state index is 10.6. The lowest BCUT2D eigenvalue weighted by Crippen LogP contribution is -2.48. The van der Waals surface area contributed by atoms with E-state index < -0.39 is 12.1 Å². The summed E-state index contributed by atoms with van der Waals surface area (Å²) >= 11 is 0. The van der Waals surface area contributed by atoms with E-state index >= 15 is 0 Å². The molecule has 0 spiro atoms. The SMILES string of the molecule is C1CC1COC1CNC1.O=C(O)C(F)(F)F. The summed E-state index contributed by atoms with van der Waals surface area (Å²) in [6.45, 7) is 3.17. The lowest BCUT2D eigenvalue weighted by atomic mass is 10.2. The van der Waals surface area contributed by atoms with Gasteiger partial charge in [-0.25, -0.2) is 4.79 Å². The number of alkyl halides is 3. The standard InChI is InChI=1S/C7H13NO.C2HF3O2/c1-2-6(1)5-9-7-3-8-4-7;3-2(4,5)1(6)7/h6-8H,1-5H2;(H,6,7). The van der Waals surface area contributed by atoms with Crippen LogP contribution in [0.4, 0.5) is 13.2 Å². The molecule has 0 atom stereocenters. The van der Waals surface area contributed by atoms with Gasteiger partial charge >= 0.3 is 12.1 Å². The van der Waals surface area contributed by atoms with Crippen LogP contribution in [0.15, 0.2) is 0 Å². The van der Waals surface area contributed by atoms with Crippen LogP contribution in [-0.4, -0.2) is 43.1 Å². The molecule has 7 heteroatoms. The lowest BCUT2D eigenvalue weighted by molar-refractivity contribution is -0.192. The van der Waals surface area contributed by atoms with Gasteiger partial charge < -0.3 is 15.2 Å². The molecule has 2 N–H and O–H groups in total. The molecule has 2 fully saturated rings. The third-order valence-corrected chi connectivity index (χ3v) is 2.25. The Hall–Kier alpha value is -0.820. The molecule has 1 aliphatic heterocycles. The first kappa shape index (κ1) is 13.2. The molecule has 4 nitrogen and oxygen atoms in total. The van der Waals surface area contributed by atoms with Gasteiger partial charge in [0.05, 0.1) is 6.10 Å². The fraction of sp³-hybridized carbons (Fsp3) is 0.889. The molecule has 0 aromatic rings. The average Bonchev–Trinajstić information content (AvgIpc) is 2.84. The number of carboxylic acid groups (broad SMARTS) is 1. The Bertz CT molecular complexity index is 237. The highest BCUT2D eigenvalue weighted by Crippen LogP contribution is 2.29. The van der Waals surface area contributed by atoms with Crippen LogP contribution in [0.1, 0.15) is 12.8 Å². The molecule has 0 bridgehead atoms. The van der Waals surface area contributed by atoms with Crippen molar-refractivity contribution >= 4 is 5.97 Å². The molecule has 1 aliphatic carbocycles. The van der Waals surface area contributed by atoms with Gasteiger partial charge in [0, 0.05) is 19.7 Å². The molecule has 0 radical (unpaired) electrons. The van der Waals surface area contributed by atoms with E-state index in [4.69, 9.17) is 14.6 Å². The van der Waals surface area contributed by atoms with Crippen molar-refractivity contribution in [2.24, 2.45) is 5.92 Å². The monoisotopic (exact) mass is 241 g/mol. The normalized spacial score (nSPS) is 20.7. The minimum Gasteiger partial charge on any atom is -0.475 e. The second-order valence-corrected chi connectivity index (χ2v) is 3.86. The van der Waals surface area contributed by atoms with Gasteiger partial charge in [-0.1, -0.05) is 0 Å². The molecular weight excluding hydrogens is 227 g/mol. The van der Waals surface area contributed by atoms with Crippen molar-refractivity contribution in [1.29, 1.82) is 0 Å². The molecule has 1 saturated heterocycles. The summed E-state index contributed by atoms with van der Waals surface area (Å²) in [5.41, 5.74) is 0. The maximum atomic E-state index is 10.6. The number of hydrogen-bond acceptors (Lipinski definition) is 3. The van der Waals surface area contributed by atoms with E-state index in [-0.39, 0.29) is 0 Å². The molecule has 0 aromatic heterocycles. The Morgan fingerprint density at radius 2 is 1.88 bits per heavy atom. The first-order valence-corrected chi connectivity index (χ1v) is 5.02. The van der Waals surface area contributed by atoms with E-state index in [2.05, 4.69) is 5.32 Å². The molecular formula is C9H14F3NO3. The van der Waals surface area contributed by atoms with E-state index in [1.165, 1.54) is 12.8 Å². The molecule has 1 heterocycles. The second kappa shape index (κ2) is 5.49. The van der Waals surface area contributed by atoms with E-state index in [9.17, 15) is 13.2 Å². The Morgan fingerprint density at radius 1 is 1.38 bits per heavy atom. The summed E-state index contributed by atoms with van der Waals surface area (Å²) in [6, 6.07) is 0. The molecule has 0 amide bonds. The molecule has 2 aliphatic rings. The molecule has 2 rings (SSSR count). The van der Waals surface area contributed by atoms with Gasteiger partial charge in [-0.3, -0.25) is 0 Å². The van der Waals surface area contributed by atoms with Gasteiger partial charge in [-0.05, 0) is 18.8 Å². The summed E-state index contributed by atoms with van der Waals surface area (Å²) in [4.78, 5) is 8.90. The van der Waals surface area contributed by atoms with Crippen LogP contribution in [0, 0.1) is 5.92 Å². The van der Waals surface area contributed by atoms with Crippen LogP contribution in [0.25, 0.3) is 0 Å². The predicted octanol–water partition coefficient (Wildman–Crippen LogP) is 1.02. The predicted molar refractivity (Wildman–Crippen MR) is 49.0 cm³/mol. The van der Waals surface area contributed by atoms with E-state index in [0.717, 1.165) is 25.6 Å². The third-order valence-electron chi connectivity index (χ3n) is 2.25. The zero-order valence-corrected chi connectivity index (χ0v) is 8.59. The minimum atomic E-state index is -5.08. The minimum absolute atomic E-state index is 0.547. The Morgan fingerprint density at radius 3 is 2.12 bits per heavy atom. The highest BCUT2D eigenvalue weighted by molar-refractivity contribution is 5.73. The molecule has 0 unspecified atom stereocenters. The summed E-state index contributed by atoms with van der Waals surface area (Å²) in [5.74, 6) is -1.84. The smallest absolute Gasteiger partial charge is 0.475 e. The van der Waals surface area contributed by atoms with Crippen LogP contribution >= 0.6 is 0 Å². The van der Waals surface area contributed by atoms with E-state index in [0.29, 0.717) is 6.10 Å². The highest BCUT2D eigenvalue weighted by Gasteiger charge is 2.38. The maximum Gasteiger partial charge on any atom is 0.490 e. The Labute approximate surface area is 90.8 Å². The largest absolute Gasteiger partial charge is 0.490 e. The van der Waals surface area contributed by atoms with Gasteiger partial charge in [-0.2, -0.15) is 13.2 Å².